The number of benzene rings is 2. The zero-order valence-electron chi connectivity index (χ0n) is 10.7. The molecule has 0 saturated carbocycles. The minimum Gasteiger partial charge on any atom is -0.454 e. The molecule has 2 aromatic carbocycles. The molecule has 3 rings (SSSR count). The Balaban J connectivity index is 2.39. The Morgan fingerprint density at radius 3 is 2.38 bits per heavy atom. The van der Waals surface area contributed by atoms with Gasteiger partial charge >= 0.3 is 0 Å². The molecule has 8 heteroatoms. The molecule has 0 atom stereocenters. The number of hydrogen-bond acceptors (Lipinski definition) is 6. The number of fused-ring (bicyclic) bond motifs is 3. The summed E-state index contributed by atoms with van der Waals surface area (Å²) in [6.45, 7) is 0. The van der Waals surface area contributed by atoms with Crippen molar-refractivity contribution in [3.05, 3.63) is 50.6 Å². The van der Waals surface area contributed by atoms with Crippen molar-refractivity contribution >= 4 is 45.1 Å². The van der Waals surface area contributed by atoms with Crippen LogP contribution in [-0.4, -0.2) is 16.1 Å². The summed E-state index contributed by atoms with van der Waals surface area (Å²) < 4.78 is 5.63. The highest BCUT2D eigenvalue weighted by molar-refractivity contribution is 7.99. The maximum atomic E-state index is 11.0. The minimum atomic E-state index is -0.509. The Labute approximate surface area is 121 Å². The first-order valence-corrected chi connectivity index (χ1v) is 7.07. The number of rotatable bonds is 3. The summed E-state index contributed by atoms with van der Waals surface area (Å²) in [5.41, 5.74) is 0.604. The molecule has 1 aromatic heterocycles. The number of thioether (sulfide) groups is 1. The predicted molar refractivity (Wildman–Crippen MR) is 78.8 cm³/mol. The van der Waals surface area contributed by atoms with Crippen LogP contribution < -0.4 is 0 Å². The van der Waals surface area contributed by atoms with Gasteiger partial charge in [-0.2, -0.15) is 0 Å². The molecule has 0 unspecified atom stereocenters. The molecular weight excluding hydrogens is 296 g/mol. The third-order valence-corrected chi connectivity index (χ3v) is 3.97. The van der Waals surface area contributed by atoms with Gasteiger partial charge in [-0.3, -0.25) is 20.2 Å². The molecule has 21 heavy (non-hydrogen) atoms. The normalized spacial score (nSPS) is 11.1. The van der Waals surface area contributed by atoms with E-state index in [-0.39, 0.29) is 11.4 Å². The van der Waals surface area contributed by atoms with Crippen LogP contribution in [0, 0.1) is 20.2 Å². The molecular formula is C13H8N2O5S. The maximum absolute atomic E-state index is 11.0. The summed E-state index contributed by atoms with van der Waals surface area (Å²) in [5.74, 6) is 0. The standard InChI is InChI=1S/C13H8N2O5S/c1-21-13-10(15(18)19)5-4-9-8-3-2-7(14(16)17)6-11(8)20-12(9)13/h2-6H,1H3. The highest BCUT2D eigenvalue weighted by atomic mass is 32.2. The van der Waals surface area contributed by atoms with Crippen LogP contribution in [-0.2, 0) is 0 Å². The molecule has 0 fully saturated rings. The Bertz CT molecular complexity index is 902. The minimum absolute atomic E-state index is 0.0384. The summed E-state index contributed by atoms with van der Waals surface area (Å²) in [5, 5.41) is 23.2. The fraction of sp³-hybridized carbons (Fsp3) is 0.0769. The van der Waals surface area contributed by atoms with Crippen LogP contribution in [0.25, 0.3) is 21.9 Å². The lowest BCUT2D eigenvalue weighted by atomic mass is 10.1. The maximum Gasteiger partial charge on any atom is 0.286 e. The van der Waals surface area contributed by atoms with E-state index in [1.807, 2.05) is 0 Å². The van der Waals surface area contributed by atoms with Crippen molar-refractivity contribution in [2.45, 2.75) is 4.90 Å². The van der Waals surface area contributed by atoms with Gasteiger partial charge in [-0.15, -0.1) is 11.8 Å². The van der Waals surface area contributed by atoms with Crippen molar-refractivity contribution in [1.82, 2.24) is 0 Å². The van der Waals surface area contributed by atoms with Crippen LogP contribution in [0.1, 0.15) is 0 Å². The molecule has 0 aliphatic rings. The van der Waals surface area contributed by atoms with E-state index >= 15 is 0 Å². The third kappa shape index (κ3) is 2.00. The fourth-order valence-corrected chi connectivity index (χ4v) is 2.94. The second-order valence-corrected chi connectivity index (χ2v) is 5.11. The Hall–Kier alpha value is -2.61. The topological polar surface area (TPSA) is 99.4 Å². The molecule has 7 nitrogen and oxygen atoms in total. The first-order valence-electron chi connectivity index (χ1n) is 5.85. The molecule has 0 spiro atoms. The third-order valence-electron chi connectivity index (χ3n) is 3.17. The van der Waals surface area contributed by atoms with Gasteiger partial charge in [0.1, 0.15) is 10.5 Å². The van der Waals surface area contributed by atoms with Crippen molar-refractivity contribution in [3.8, 4) is 0 Å². The molecule has 3 aromatic rings. The van der Waals surface area contributed by atoms with Crippen molar-refractivity contribution in [3.63, 3.8) is 0 Å². The smallest absolute Gasteiger partial charge is 0.286 e. The second-order valence-electron chi connectivity index (χ2n) is 4.29. The number of non-ortho nitro benzene ring substituents is 1. The van der Waals surface area contributed by atoms with Gasteiger partial charge in [-0.1, -0.05) is 0 Å². The highest BCUT2D eigenvalue weighted by Crippen LogP contribution is 2.40. The molecule has 106 valence electrons. The van der Waals surface area contributed by atoms with E-state index in [0.29, 0.717) is 26.8 Å². The lowest BCUT2D eigenvalue weighted by Gasteiger charge is -1.99. The van der Waals surface area contributed by atoms with Crippen LogP contribution in [0.3, 0.4) is 0 Å². The van der Waals surface area contributed by atoms with Crippen LogP contribution >= 0.6 is 11.8 Å². The summed E-state index contributed by atoms with van der Waals surface area (Å²) in [4.78, 5) is 21.3. The SMILES string of the molecule is CSc1c([N+](=O)[O-])ccc2c1oc1cc([N+](=O)[O-])ccc12. The number of furan rings is 1. The monoisotopic (exact) mass is 304 g/mol. The van der Waals surface area contributed by atoms with Crippen LogP contribution in [0.15, 0.2) is 39.6 Å². The van der Waals surface area contributed by atoms with Crippen molar-refractivity contribution < 1.29 is 14.3 Å². The number of hydrogen-bond donors (Lipinski definition) is 0. The van der Waals surface area contributed by atoms with Crippen molar-refractivity contribution in [2.24, 2.45) is 0 Å². The predicted octanol–water partition coefficient (Wildman–Crippen LogP) is 4.12. The van der Waals surface area contributed by atoms with Gasteiger partial charge in [0.15, 0.2) is 5.58 Å². The van der Waals surface area contributed by atoms with E-state index < -0.39 is 9.85 Å². The average molecular weight is 304 g/mol. The molecule has 0 bridgehead atoms. The fourth-order valence-electron chi connectivity index (χ4n) is 2.25. The van der Waals surface area contributed by atoms with Gasteiger partial charge in [-0.05, 0) is 18.4 Å². The first-order chi connectivity index (χ1) is 10.0. The van der Waals surface area contributed by atoms with E-state index in [1.165, 1.54) is 30.0 Å². The number of nitrogens with zero attached hydrogens (tertiary/aromatic N) is 2. The van der Waals surface area contributed by atoms with Crippen LogP contribution in [0.4, 0.5) is 11.4 Å². The summed E-state index contributed by atoms with van der Waals surface area (Å²) in [6.07, 6.45) is 1.72. The first kappa shape index (κ1) is 13.4. The van der Waals surface area contributed by atoms with Gasteiger partial charge in [-0.25, -0.2) is 0 Å². The largest absolute Gasteiger partial charge is 0.454 e. The average Bonchev–Trinajstić information content (AvgIpc) is 2.83. The lowest BCUT2D eigenvalue weighted by Crippen LogP contribution is -1.90. The van der Waals surface area contributed by atoms with Gasteiger partial charge < -0.3 is 4.42 Å². The second kappa shape index (κ2) is 4.74. The molecule has 0 aliphatic carbocycles. The quantitative estimate of drug-likeness (QED) is 0.410. The summed E-state index contributed by atoms with van der Waals surface area (Å²) >= 11 is 1.21. The molecule has 1 heterocycles. The molecule has 0 radical (unpaired) electrons. The van der Waals surface area contributed by atoms with E-state index in [4.69, 9.17) is 4.42 Å². The van der Waals surface area contributed by atoms with Gasteiger partial charge in [0.05, 0.1) is 15.9 Å². The van der Waals surface area contributed by atoms with E-state index in [0.717, 1.165) is 0 Å². The number of nitro groups is 2. The molecule has 0 aliphatic heterocycles. The van der Waals surface area contributed by atoms with E-state index in [9.17, 15) is 20.2 Å². The Morgan fingerprint density at radius 2 is 1.76 bits per heavy atom. The van der Waals surface area contributed by atoms with Crippen LogP contribution in [0.2, 0.25) is 0 Å². The van der Waals surface area contributed by atoms with Crippen LogP contribution in [0.5, 0.6) is 0 Å². The van der Waals surface area contributed by atoms with Gasteiger partial charge in [0.25, 0.3) is 11.4 Å². The van der Waals surface area contributed by atoms with Crippen molar-refractivity contribution in [2.75, 3.05) is 6.26 Å². The van der Waals surface area contributed by atoms with E-state index in [2.05, 4.69) is 0 Å². The molecule has 0 N–H and O–H groups in total. The summed E-state index contributed by atoms with van der Waals surface area (Å²) in [6, 6.07) is 7.33. The Kier molecular flexibility index (Phi) is 3.02. The highest BCUT2D eigenvalue weighted by Gasteiger charge is 2.21. The molecule has 0 saturated heterocycles. The number of nitro benzene ring substituents is 2. The Morgan fingerprint density at radius 1 is 1.05 bits per heavy atom. The zero-order chi connectivity index (χ0) is 15.1. The summed E-state index contributed by atoms with van der Waals surface area (Å²) in [7, 11) is 0. The molecule has 0 amide bonds. The van der Waals surface area contributed by atoms with Gasteiger partial charge in [0.2, 0.25) is 0 Å². The zero-order valence-corrected chi connectivity index (χ0v) is 11.5. The van der Waals surface area contributed by atoms with Gasteiger partial charge in [0, 0.05) is 22.9 Å². The van der Waals surface area contributed by atoms with E-state index in [1.54, 1.807) is 18.4 Å². The van der Waals surface area contributed by atoms with Crippen molar-refractivity contribution in [1.29, 1.82) is 0 Å². The lowest BCUT2D eigenvalue weighted by molar-refractivity contribution is -0.387.